The predicted molar refractivity (Wildman–Crippen MR) is 78.0 cm³/mol. The van der Waals surface area contributed by atoms with Crippen molar-refractivity contribution in [1.29, 1.82) is 0 Å². The van der Waals surface area contributed by atoms with E-state index in [0.717, 1.165) is 0 Å². The molecule has 3 atom stereocenters. The molecule has 22 heavy (non-hydrogen) atoms. The molecule has 0 amide bonds. The molecule has 120 valence electrons. The third kappa shape index (κ3) is 4.83. The summed E-state index contributed by atoms with van der Waals surface area (Å²) < 4.78 is 5.06. The van der Waals surface area contributed by atoms with Gasteiger partial charge in [-0.2, -0.15) is 0 Å². The maximum absolute atomic E-state index is 12.1. The van der Waals surface area contributed by atoms with Crippen LogP contribution in [-0.2, 0) is 14.3 Å². The number of aliphatic carboxylic acids is 1. The standard InChI is InChI=1S/C15H19NO6/c1-3-10(2)22-15(19)13(14(17)18)12(9-16(20)21)11-7-5-4-6-8-11/h4-8,10,12-13H,3,9H2,1-2H3,(H,17,18). The van der Waals surface area contributed by atoms with E-state index in [1.807, 2.05) is 0 Å². The minimum absolute atomic E-state index is 0.424. The number of rotatable bonds is 8. The van der Waals surface area contributed by atoms with Crippen LogP contribution >= 0.6 is 0 Å². The quantitative estimate of drug-likeness (QED) is 0.341. The minimum atomic E-state index is -1.61. The molecule has 0 spiro atoms. The zero-order valence-electron chi connectivity index (χ0n) is 12.5. The Labute approximate surface area is 128 Å². The number of hydrogen-bond donors (Lipinski definition) is 1. The van der Waals surface area contributed by atoms with E-state index < -0.39 is 41.3 Å². The first kappa shape index (κ1) is 17.6. The number of nitrogens with zero attached hydrogens (tertiary/aromatic N) is 1. The lowest BCUT2D eigenvalue weighted by Crippen LogP contribution is -2.36. The molecule has 3 unspecified atom stereocenters. The van der Waals surface area contributed by atoms with Gasteiger partial charge in [-0.1, -0.05) is 37.3 Å². The van der Waals surface area contributed by atoms with Crippen LogP contribution in [0.2, 0.25) is 0 Å². The Balaban J connectivity index is 3.13. The summed E-state index contributed by atoms with van der Waals surface area (Å²) in [6.07, 6.45) is 0.0879. The highest BCUT2D eigenvalue weighted by molar-refractivity contribution is 5.95. The SMILES string of the molecule is CCC(C)OC(=O)C(C(=O)O)C(C[N+](=O)[O-])c1ccccc1. The molecule has 7 nitrogen and oxygen atoms in total. The van der Waals surface area contributed by atoms with E-state index in [2.05, 4.69) is 0 Å². The molecule has 0 bridgehead atoms. The summed E-state index contributed by atoms with van der Waals surface area (Å²) in [4.78, 5) is 33.9. The molecule has 7 heteroatoms. The van der Waals surface area contributed by atoms with Crippen molar-refractivity contribution in [2.45, 2.75) is 32.3 Å². The monoisotopic (exact) mass is 309 g/mol. The molecule has 0 heterocycles. The fourth-order valence-electron chi connectivity index (χ4n) is 2.06. The maximum Gasteiger partial charge on any atom is 0.321 e. The van der Waals surface area contributed by atoms with E-state index >= 15 is 0 Å². The van der Waals surface area contributed by atoms with Gasteiger partial charge in [-0.3, -0.25) is 19.7 Å². The van der Waals surface area contributed by atoms with Gasteiger partial charge in [0.2, 0.25) is 6.54 Å². The highest BCUT2D eigenvalue weighted by atomic mass is 16.6. The van der Waals surface area contributed by atoms with Crippen molar-refractivity contribution < 1.29 is 24.4 Å². The van der Waals surface area contributed by atoms with Crippen molar-refractivity contribution in [3.63, 3.8) is 0 Å². The van der Waals surface area contributed by atoms with E-state index in [1.54, 1.807) is 44.2 Å². The Morgan fingerprint density at radius 2 is 1.91 bits per heavy atom. The van der Waals surface area contributed by atoms with Gasteiger partial charge in [-0.15, -0.1) is 0 Å². The Bertz CT molecular complexity index is 530. The van der Waals surface area contributed by atoms with Gasteiger partial charge in [0.05, 0.1) is 12.0 Å². The summed E-state index contributed by atoms with van der Waals surface area (Å²) >= 11 is 0. The van der Waals surface area contributed by atoms with Crippen LogP contribution in [0.1, 0.15) is 31.7 Å². The summed E-state index contributed by atoms with van der Waals surface area (Å²) in [6.45, 7) is 2.78. The molecule has 0 radical (unpaired) electrons. The summed E-state index contributed by atoms with van der Waals surface area (Å²) in [5, 5.41) is 20.2. The lowest BCUT2D eigenvalue weighted by molar-refractivity contribution is -0.484. The highest BCUT2D eigenvalue weighted by Gasteiger charge is 2.40. The fourth-order valence-corrected chi connectivity index (χ4v) is 2.06. The molecular formula is C15H19NO6. The van der Waals surface area contributed by atoms with Crippen LogP contribution in [0.4, 0.5) is 0 Å². The summed E-state index contributed by atoms with van der Waals surface area (Å²) in [5.74, 6) is -5.06. The van der Waals surface area contributed by atoms with Gasteiger partial charge < -0.3 is 9.84 Å². The van der Waals surface area contributed by atoms with E-state index in [-0.39, 0.29) is 0 Å². The zero-order valence-corrected chi connectivity index (χ0v) is 12.5. The topological polar surface area (TPSA) is 107 Å². The second kappa shape index (κ2) is 8.11. The molecule has 1 N–H and O–H groups in total. The molecule has 0 aromatic heterocycles. The van der Waals surface area contributed by atoms with Crippen LogP contribution in [0, 0.1) is 16.0 Å². The van der Waals surface area contributed by atoms with Gasteiger partial charge in [0.15, 0.2) is 5.92 Å². The van der Waals surface area contributed by atoms with Crippen molar-refractivity contribution in [2.75, 3.05) is 6.54 Å². The second-order valence-corrected chi connectivity index (χ2v) is 5.00. The molecule has 1 rings (SSSR count). The lowest BCUT2D eigenvalue weighted by atomic mass is 9.86. The first-order chi connectivity index (χ1) is 10.4. The van der Waals surface area contributed by atoms with Crippen LogP contribution in [0.3, 0.4) is 0 Å². The van der Waals surface area contributed by atoms with Gasteiger partial charge >= 0.3 is 11.9 Å². The zero-order chi connectivity index (χ0) is 16.7. The largest absolute Gasteiger partial charge is 0.481 e. The average molecular weight is 309 g/mol. The normalized spacial score (nSPS) is 14.6. The van der Waals surface area contributed by atoms with Crippen LogP contribution in [0.15, 0.2) is 30.3 Å². The number of ether oxygens (including phenoxy) is 1. The first-order valence-electron chi connectivity index (χ1n) is 6.96. The average Bonchev–Trinajstić information content (AvgIpc) is 2.46. The summed E-state index contributed by atoms with van der Waals surface area (Å²) in [6, 6.07) is 8.13. The van der Waals surface area contributed by atoms with Crippen molar-refractivity contribution in [2.24, 2.45) is 5.92 Å². The van der Waals surface area contributed by atoms with Crippen molar-refractivity contribution >= 4 is 11.9 Å². The number of carbonyl (C=O) groups is 2. The number of carbonyl (C=O) groups excluding carboxylic acids is 1. The number of hydrogen-bond acceptors (Lipinski definition) is 5. The number of benzene rings is 1. The Kier molecular flexibility index (Phi) is 6.49. The summed E-state index contributed by atoms with van der Waals surface area (Å²) in [7, 11) is 0. The number of nitro groups is 1. The molecule has 0 fully saturated rings. The second-order valence-electron chi connectivity index (χ2n) is 5.00. The number of esters is 1. The van der Waals surface area contributed by atoms with Gasteiger partial charge in [0.1, 0.15) is 0 Å². The number of carboxylic acid groups (broad SMARTS) is 1. The van der Waals surface area contributed by atoms with Crippen LogP contribution < -0.4 is 0 Å². The van der Waals surface area contributed by atoms with Gasteiger partial charge in [0.25, 0.3) is 0 Å². The lowest BCUT2D eigenvalue weighted by Gasteiger charge is -2.21. The van der Waals surface area contributed by atoms with E-state index in [1.165, 1.54) is 0 Å². The van der Waals surface area contributed by atoms with Crippen LogP contribution in [0.25, 0.3) is 0 Å². The molecule has 0 saturated carbocycles. The van der Waals surface area contributed by atoms with Crippen molar-refractivity contribution in [3.8, 4) is 0 Å². The van der Waals surface area contributed by atoms with E-state index in [0.29, 0.717) is 12.0 Å². The third-order valence-electron chi connectivity index (χ3n) is 3.39. The first-order valence-corrected chi connectivity index (χ1v) is 6.96. The fraction of sp³-hybridized carbons (Fsp3) is 0.467. The Hall–Kier alpha value is -2.44. The maximum atomic E-state index is 12.1. The molecule has 1 aromatic carbocycles. The smallest absolute Gasteiger partial charge is 0.321 e. The molecule has 0 aliphatic rings. The highest BCUT2D eigenvalue weighted by Crippen LogP contribution is 2.27. The van der Waals surface area contributed by atoms with Gasteiger partial charge in [0, 0.05) is 4.92 Å². The Morgan fingerprint density at radius 3 is 2.36 bits per heavy atom. The van der Waals surface area contributed by atoms with E-state index in [4.69, 9.17) is 4.74 Å². The predicted octanol–water partition coefficient (Wildman–Crippen LogP) is 2.09. The molecule has 0 aliphatic heterocycles. The third-order valence-corrected chi connectivity index (χ3v) is 3.39. The molecule has 0 aliphatic carbocycles. The molecular weight excluding hydrogens is 290 g/mol. The van der Waals surface area contributed by atoms with Crippen LogP contribution in [0.5, 0.6) is 0 Å². The van der Waals surface area contributed by atoms with Gasteiger partial charge in [-0.25, -0.2) is 0 Å². The van der Waals surface area contributed by atoms with Crippen LogP contribution in [-0.4, -0.2) is 34.6 Å². The van der Waals surface area contributed by atoms with E-state index in [9.17, 15) is 24.8 Å². The summed E-state index contributed by atoms with van der Waals surface area (Å²) in [5.41, 5.74) is 0.424. The molecule has 1 aromatic rings. The number of carboxylic acids is 1. The minimum Gasteiger partial charge on any atom is -0.481 e. The van der Waals surface area contributed by atoms with Crippen molar-refractivity contribution in [1.82, 2.24) is 0 Å². The Morgan fingerprint density at radius 1 is 1.32 bits per heavy atom. The van der Waals surface area contributed by atoms with Crippen molar-refractivity contribution in [3.05, 3.63) is 46.0 Å². The molecule has 0 saturated heterocycles. The van der Waals surface area contributed by atoms with Gasteiger partial charge in [-0.05, 0) is 18.9 Å².